The molecule has 2 N–H and O–H groups in total. The summed E-state index contributed by atoms with van der Waals surface area (Å²) in [6.07, 6.45) is 11.1. The molecule has 6 rings (SSSR count). The molecule has 4 heteroatoms. The topological polar surface area (TPSA) is 66.4 Å². The first-order chi connectivity index (χ1) is 18.3. The molecule has 4 aliphatic carbocycles. The van der Waals surface area contributed by atoms with E-state index < -0.39 is 5.97 Å². The highest BCUT2D eigenvalue weighted by Crippen LogP contribution is 2.66. The Balaban J connectivity index is 1.25. The van der Waals surface area contributed by atoms with Crippen LogP contribution in [0.5, 0.6) is 0 Å². The van der Waals surface area contributed by atoms with E-state index in [1.54, 1.807) is 0 Å². The molecule has 6 atom stereocenters. The Morgan fingerprint density at radius 1 is 0.895 bits per heavy atom. The zero-order valence-electron chi connectivity index (χ0n) is 22.5. The summed E-state index contributed by atoms with van der Waals surface area (Å²) in [7, 11) is 0. The van der Waals surface area contributed by atoms with E-state index in [9.17, 15) is 14.7 Å². The number of nitrogens with one attached hydrogen (secondary N) is 1. The molecule has 4 nitrogen and oxygen atoms in total. The average molecular weight is 510 g/mol. The molecular weight excluding hydrogens is 470 g/mol. The van der Waals surface area contributed by atoms with E-state index in [0.29, 0.717) is 29.7 Å². The number of hydrogen-bond acceptors (Lipinski definition) is 2. The van der Waals surface area contributed by atoms with Gasteiger partial charge in [-0.05, 0) is 96.3 Å². The van der Waals surface area contributed by atoms with Crippen molar-refractivity contribution in [3.05, 3.63) is 95.1 Å². The number of hydrogen-bond donors (Lipinski definition) is 2. The van der Waals surface area contributed by atoms with E-state index in [-0.39, 0.29) is 28.7 Å². The highest BCUT2D eigenvalue weighted by molar-refractivity contribution is 5.87. The molecule has 2 saturated carbocycles. The smallest absolute Gasteiger partial charge is 0.331 e. The fourth-order valence-corrected chi connectivity index (χ4v) is 8.82. The minimum Gasteiger partial charge on any atom is -0.478 e. The molecular formula is C34H39NO3. The van der Waals surface area contributed by atoms with Crippen molar-refractivity contribution < 1.29 is 14.7 Å². The van der Waals surface area contributed by atoms with Gasteiger partial charge < -0.3 is 10.4 Å². The number of aliphatic carboxylic acids is 1. The average Bonchev–Trinajstić information content (AvgIpc) is 3.29. The highest BCUT2D eigenvalue weighted by Gasteiger charge is 2.59. The van der Waals surface area contributed by atoms with Crippen LogP contribution in [0.4, 0.5) is 0 Å². The Kier molecular flexibility index (Phi) is 6.32. The fourth-order valence-electron chi connectivity index (χ4n) is 8.82. The number of rotatable bonds is 5. The van der Waals surface area contributed by atoms with Gasteiger partial charge in [0.15, 0.2) is 0 Å². The van der Waals surface area contributed by atoms with Gasteiger partial charge >= 0.3 is 5.97 Å². The van der Waals surface area contributed by atoms with Gasteiger partial charge in [-0.3, -0.25) is 4.79 Å². The van der Waals surface area contributed by atoms with Crippen LogP contribution in [0.15, 0.2) is 84.0 Å². The van der Waals surface area contributed by atoms with Gasteiger partial charge in [0.1, 0.15) is 0 Å². The summed E-state index contributed by atoms with van der Waals surface area (Å²) in [6, 6.07) is 20.4. The molecule has 198 valence electrons. The molecule has 4 aliphatic rings. The maximum absolute atomic E-state index is 14.0. The maximum Gasteiger partial charge on any atom is 0.331 e. The number of carboxylic acid groups (broad SMARTS) is 1. The third kappa shape index (κ3) is 4.04. The predicted octanol–water partition coefficient (Wildman–Crippen LogP) is 7.09. The lowest BCUT2D eigenvalue weighted by Crippen LogP contribution is -2.51. The molecule has 0 unspecified atom stereocenters. The van der Waals surface area contributed by atoms with Gasteiger partial charge in [-0.25, -0.2) is 4.79 Å². The molecule has 2 aromatic rings. The Hall–Kier alpha value is -3.14. The molecule has 2 fully saturated rings. The summed E-state index contributed by atoms with van der Waals surface area (Å²) in [6.45, 7) is 4.76. The molecule has 0 aliphatic heterocycles. The molecule has 0 aromatic heterocycles. The van der Waals surface area contributed by atoms with Gasteiger partial charge in [0.25, 0.3) is 0 Å². The summed E-state index contributed by atoms with van der Waals surface area (Å²) in [5.74, 6) is 1.10. The molecule has 0 radical (unpaired) electrons. The molecule has 1 amide bonds. The molecule has 0 spiro atoms. The van der Waals surface area contributed by atoms with Crippen LogP contribution in [-0.4, -0.2) is 17.0 Å². The predicted molar refractivity (Wildman–Crippen MR) is 149 cm³/mol. The number of carbonyl (C=O) groups excluding carboxylic acids is 1. The van der Waals surface area contributed by atoms with Gasteiger partial charge in [-0.15, -0.1) is 0 Å². The third-order valence-electron chi connectivity index (χ3n) is 10.9. The first-order valence-corrected chi connectivity index (χ1v) is 14.4. The molecule has 0 saturated heterocycles. The van der Waals surface area contributed by atoms with Crippen LogP contribution < -0.4 is 5.32 Å². The minimum atomic E-state index is -0.778. The number of benzene rings is 2. The van der Waals surface area contributed by atoms with E-state index >= 15 is 0 Å². The molecule has 0 heterocycles. The van der Waals surface area contributed by atoms with Crippen LogP contribution in [0.25, 0.3) is 0 Å². The van der Waals surface area contributed by atoms with E-state index in [4.69, 9.17) is 0 Å². The summed E-state index contributed by atoms with van der Waals surface area (Å²) >= 11 is 0. The van der Waals surface area contributed by atoms with E-state index in [1.807, 2.05) is 42.5 Å². The van der Waals surface area contributed by atoms with Crippen LogP contribution >= 0.6 is 0 Å². The standard InChI is InChI=1S/C34H39NO3/c1-33-19-17-24(32(37)38)21-25(33)13-14-26-27-15-16-29(34(27,2)20-18-28(26)33)31(36)35-30(22-9-5-3-6-10-22)23-11-7-4-8-12-23/h3-13,21,26-30H,14-20H2,1-2H3,(H,35,36)(H,37,38)/t26-,27-,28-,29+,33-,34-/m0/s1. The van der Waals surface area contributed by atoms with Crippen molar-refractivity contribution in [2.24, 2.45) is 34.5 Å². The summed E-state index contributed by atoms with van der Waals surface area (Å²) < 4.78 is 0. The summed E-state index contributed by atoms with van der Waals surface area (Å²) in [4.78, 5) is 25.7. The van der Waals surface area contributed by atoms with Gasteiger partial charge in [-0.2, -0.15) is 0 Å². The van der Waals surface area contributed by atoms with Crippen molar-refractivity contribution in [1.82, 2.24) is 5.32 Å². The zero-order chi connectivity index (χ0) is 26.5. The SMILES string of the molecule is C[C@]12CC[C@H]3[C@@H](CC=C4C=C(C(=O)O)CC[C@@]43C)[C@@H]1CC[C@@H]2C(=O)NC(c1ccccc1)c1ccccc1. The maximum atomic E-state index is 14.0. The summed E-state index contributed by atoms with van der Waals surface area (Å²) in [5.41, 5.74) is 4.07. The number of amides is 1. The minimum absolute atomic E-state index is 0.00160. The summed E-state index contributed by atoms with van der Waals surface area (Å²) in [5, 5.41) is 13.0. The Labute approximate surface area is 226 Å². The van der Waals surface area contributed by atoms with E-state index in [2.05, 4.69) is 49.5 Å². The van der Waals surface area contributed by atoms with Gasteiger partial charge in [0.2, 0.25) is 5.91 Å². The van der Waals surface area contributed by atoms with Crippen LogP contribution in [0.2, 0.25) is 0 Å². The highest BCUT2D eigenvalue weighted by atomic mass is 16.4. The quantitative estimate of drug-likeness (QED) is 0.452. The first-order valence-electron chi connectivity index (χ1n) is 14.4. The second-order valence-corrected chi connectivity index (χ2v) is 12.6. The van der Waals surface area contributed by atoms with Crippen molar-refractivity contribution in [3.8, 4) is 0 Å². The van der Waals surface area contributed by atoms with Crippen molar-refractivity contribution in [2.75, 3.05) is 0 Å². The number of carbonyl (C=O) groups is 2. The second kappa shape index (κ2) is 9.55. The monoisotopic (exact) mass is 509 g/mol. The van der Waals surface area contributed by atoms with Gasteiger partial charge in [0.05, 0.1) is 6.04 Å². The normalized spacial score (nSPS) is 33.9. The van der Waals surface area contributed by atoms with Crippen molar-refractivity contribution in [2.45, 2.75) is 64.8 Å². The third-order valence-corrected chi connectivity index (χ3v) is 10.9. The van der Waals surface area contributed by atoms with Crippen molar-refractivity contribution in [3.63, 3.8) is 0 Å². The lowest BCUT2D eigenvalue weighted by molar-refractivity contribution is -0.133. The van der Waals surface area contributed by atoms with Crippen molar-refractivity contribution in [1.29, 1.82) is 0 Å². The zero-order valence-corrected chi connectivity index (χ0v) is 22.5. The van der Waals surface area contributed by atoms with Crippen LogP contribution in [0, 0.1) is 34.5 Å². The Morgan fingerprint density at radius 2 is 1.55 bits per heavy atom. The van der Waals surface area contributed by atoms with Crippen LogP contribution in [0.3, 0.4) is 0 Å². The number of carboxylic acids is 1. The lowest BCUT2D eigenvalue weighted by atomic mass is 9.48. The Morgan fingerprint density at radius 3 is 2.18 bits per heavy atom. The lowest BCUT2D eigenvalue weighted by Gasteiger charge is -2.57. The van der Waals surface area contributed by atoms with E-state index in [0.717, 1.165) is 49.7 Å². The van der Waals surface area contributed by atoms with Gasteiger partial charge in [0, 0.05) is 11.5 Å². The molecule has 0 bridgehead atoms. The van der Waals surface area contributed by atoms with Crippen LogP contribution in [0.1, 0.15) is 76.0 Å². The van der Waals surface area contributed by atoms with E-state index in [1.165, 1.54) is 5.57 Å². The largest absolute Gasteiger partial charge is 0.478 e. The molecule has 38 heavy (non-hydrogen) atoms. The number of fused-ring (bicyclic) bond motifs is 5. The molecule has 2 aromatic carbocycles. The van der Waals surface area contributed by atoms with Crippen LogP contribution in [-0.2, 0) is 9.59 Å². The fraction of sp³-hybridized carbons (Fsp3) is 0.471. The Bertz CT molecular complexity index is 1240. The van der Waals surface area contributed by atoms with Gasteiger partial charge in [-0.1, -0.05) is 80.6 Å². The van der Waals surface area contributed by atoms with Crippen molar-refractivity contribution >= 4 is 11.9 Å². The first kappa shape index (κ1) is 25.2. The second-order valence-electron chi connectivity index (χ2n) is 12.6. The number of allylic oxidation sites excluding steroid dienone is 3.